The Bertz CT molecular complexity index is 705. The molecule has 1 N–H and O–H groups in total. The highest BCUT2D eigenvalue weighted by atomic mass is 35.5. The molecule has 0 bridgehead atoms. The third-order valence-corrected chi connectivity index (χ3v) is 3.31. The monoisotopic (exact) mass is 325 g/mol. The van der Waals surface area contributed by atoms with Crippen LogP contribution in [0.5, 0.6) is 0 Å². The fourth-order valence-electron chi connectivity index (χ4n) is 1.60. The molecule has 1 aromatic carbocycles. The van der Waals surface area contributed by atoms with E-state index in [4.69, 9.17) is 23.2 Å². The number of hydrogen-bond donors (Lipinski definition) is 1. The number of nitrogens with zero attached hydrogens (tertiary/aromatic N) is 2. The van der Waals surface area contributed by atoms with Gasteiger partial charge in [0.25, 0.3) is 5.91 Å². The van der Waals surface area contributed by atoms with E-state index in [9.17, 15) is 9.18 Å². The fourth-order valence-corrected chi connectivity index (χ4v) is 2.25. The summed E-state index contributed by atoms with van der Waals surface area (Å²) in [7, 11) is 0. The number of carbonyl (C=O) groups excluding carboxylic acids is 1. The normalized spacial score (nSPS) is 11.3. The van der Waals surface area contributed by atoms with E-state index in [1.54, 1.807) is 25.1 Å². The van der Waals surface area contributed by atoms with Crippen LogP contribution in [0.4, 0.5) is 4.39 Å². The van der Waals surface area contributed by atoms with Crippen molar-refractivity contribution in [3.63, 3.8) is 0 Å². The SMILES string of the molecule is C/C(=N/NC(=O)c1ccccn1)c1c(Cl)ccc(F)c1Cl. The van der Waals surface area contributed by atoms with Crippen molar-refractivity contribution in [2.24, 2.45) is 5.10 Å². The number of pyridine rings is 1. The van der Waals surface area contributed by atoms with Gasteiger partial charge in [-0.1, -0.05) is 29.3 Å². The van der Waals surface area contributed by atoms with Gasteiger partial charge in [-0.05, 0) is 31.2 Å². The summed E-state index contributed by atoms with van der Waals surface area (Å²) in [6.45, 7) is 1.56. The standard InChI is InChI=1S/C14H10Cl2FN3O/c1-8(12-9(15)5-6-10(17)13(12)16)19-20-14(21)11-4-2-3-7-18-11/h2-7H,1H3,(H,20,21)/b19-8-. The average molecular weight is 326 g/mol. The Morgan fingerprint density at radius 3 is 2.71 bits per heavy atom. The Labute approximate surface area is 130 Å². The zero-order valence-electron chi connectivity index (χ0n) is 10.9. The van der Waals surface area contributed by atoms with Gasteiger partial charge in [-0.15, -0.1) is 0 Å². The third kappa shape index (κ3) is 3.56. The van der Waals surface area contributed by atoms with E-state index >= 15 is 0 Å². The summed E-state index contributed by atoms with van der Waals surface area (Å²) >= 11 is 11.8. The molecule has 0 aliphatic rings. The van der Waals surface area contributed by atoms with E-state index in [-0.39, 0.29) is 27.0 Å². The van der Waals surface area contributed by atoms with Crippen LogP contribution in [0.25, 0.3) is 0 Å². The largest absolute Gasteiger partial charge is 0.289 e. The van der Waals surface area contributed by atoms with Gasteiger partial charge in [0.1, 0.15) is 11.5 Å². The van der Waals surface area contributed by atoms with Gasteiger partial charge in [-0.2, -0.15) is 5.10 Å². The van der Waals surface area contributed by atoms with Crippen LogP contribution >= 0.6 is 23.2 Å². The van der Waals surface area contributed by atoms with E-state index in [0.717, 1.165) is 6.07 Å². The van der Waals surface area contributed by atoms with Crippen molar-refractivity contribution in [1.29, 1.82) is 0 Å². The molecule has 1 aromatic heterocycles. The second-order valence-corrected chi connectivity index (χ2v) is 4.86. The van der Waals surface area contributed by atoms with Crippen LogP contribution in [0.2, 0.25) is 10.0 Å². The van der Waals surface area contributed by atoms with Crippen LogP contribution in [0.1, 0.15) is 23.0 Å². The van der Waals surface area contributed by atoms with Crippen molar-refractivity contribution >= 4 is 34.8 Å². The Morgan fingerprint density at radius 2 is 2.05 bits per heavy atom. The lowest BCUT2D eigenvalue weighted by Gasteiger charge is -2.07. The van der Waals surface area contributed by atoms with Crippen LogP contribution in [0.3, 0.4) is 0 Å². The first-order valence-electron chi connectivity index (χ1n) is 5.90. The number of benzene rings is 1. The average Bonchev–Trinajstić information content (AvgIpc) is 2.50. The molecule has 1 heterocycles. The van der Waals surface area contributed by atoms with Gasteiger partial charge in [0.2, 0.25) is 0 Å². The minimum atomic E-state index is -0.610. The van der Waals surface area contributed by atoms with Gasteiger partial charge >= 0.3 is 0 Å². The molecule has 0 saturated heterocycles. The highest BCUT2D eigenvalue weighted by molar-refractivity contribution is 6.40. The summed E-state index contributed by atoms with van der Waals surface area (Å²) in [5, 5.41) is 3.98. The zero-order chi connectivity index (χ0) is 15.4. The molecule has 0 spiro atoms. The van der Waals surface area contributed by atoms with Crippen molar-refractivity contribution in [3.05, 3.63) is 63.6 Å². The summed E-state index contributed by atoms with van der Waals surface area (Å²) in [5.41, 5.74) is 3.05. The maximum atomic E-state index is 13.4. The molecule has 2 aromatic rings. The number of rotatable bonds is 3. The Hall–Kier alpha value is -1.98. The highest BCUT2D eigenvalue weighted by Crippen LogP contribution is 2.27. The van der Waals surface area contributed by atoms with E-state index in [2.05, 4.69) is 15.5 Å². The molecule has 108 valence electrons. The van der Waals surface area contributed by atoms with E-state index in [1.807, 2.05) is 0 Å². The number of nitrogens with one attached hydrogen (secondary N) is 1. The summed E-state index contributed by atoms with van der Waals surface area (Å²) in [4.78, 5) is 15.7. The number of amides is 1. The maximum Gasteiger partial charge on any atom is 0.289 e. The topological polar surface area (TPSA) is 54.4 Å². The lowest BCUT2D eigenvalue weighted by Crippen LogP contribution is -2.20. The minimum Gasteiger partial charge on any atom is -0.266 e. The molecule has 0 radical (unpaired) electrons. The number of carbonyl (C=O) groups is 1. The quantitative estimate of drug-likeness (QED) is 0.531. The third-order valence-electron chi connectivity index (χ3n) is 2.63. The first-order chi connectivity index (χ1) is 10.0. The van der Waals surface area contributed by atoms with Crippen LogP contribution in [-0.4, -0.2) is 16.6 Å². The van der Waals surface area contributed by atoms with E-state index < -0.39 is 11.7 Å². The Balaban J connectivity index is 2.23. The number of hydrogen-bond acceptors (Lipinski definition) is 3. The molecular formula is C14H10Cl2FN3O. The molecule has 0 fully saturated rings. The second kappa shape index (κ2) is 6.65. The summed E-state index contributed by atoms with van der Waals surface area (Å²) in [5.74, 6) is -1.10. The molecule has 1 amide bonds. The number of aromatic nitrogens is 1. The molecule has 2 rings (SSSR count). The second-order valence-electron chi connectivity index (χ2n) is 4.07. The molecule has 0 saturated carbocycles. The summed E-state index contributed by atoms with van der Waals surface area (Å²) < 4.78 is 13.4. The van der Waals surface area contributed by atoms with Crippen molar-refractivity contribution in [2.75, 3.05) is 0 Å². The van der Waals surface area contributed by atoms with Crippen LogP contribution < -0.4 is 5.43 Å². The zero-order valence-corrected chi connectivity index (χ0v) is 12.4. The maximum absolute atomic E-state index is 13.4. The van der Waals surface area contributed by atoms with Gasteiger partial charge < -0.3 is 0 Å². The Morgan fingerprint density at radius 1 is 1.29 bits per heavy atom. The first kappa shape index (κ1) is 15.4. The first-order valence-corrected chi connectivity index (χ1v) is 6.66. The molecule has 0 aliphatic heterocycles. The highest BCUT2D eigenvalue weighted by Gasteiger charge is 2.14. The van der Waals surface area contributed by atoms with Crippen LogP contribution in [0, 0.1) is 5.82 Å². The van der Waals surface area contributed by atoms with Gasteiger partial charge in [0.15, 0.2) is 0 Å². The summed E-state index contributed by atoms with van der Waals surface area (Å²) in [6.07, 6.45) is 1.49. The van der Waals surface area contributed by atoms with Crippen LogP contribution in [-0.2, 0) is 0 Å². The van der Waals surface area contributed by atoms with Gasteiger partial charge in [0, 0.05) is 11.8 Å². The van der Waals surface area contributed by atoms with Crippen molar-refractivity contribution < 1.29 is 9.18 Å². The number of hydrazone groups is 1. The molecular weight excluding hydrogens is 316 g/mol. The van der Waals surface area contributed by atoms with Crippen LogP contribution in [0.15, 0.2) is 41.6 Å². The molecule has 0 unspecified atom stereocenters. The fraction of sp³-hybridized carbons (Fsp3) is 0.0714. The molecule has 0 aliphatic carbocycles. The predicted molar refractivity (Wildman–Crippen MR) is 80.3 cm³/mol. The molecule has 0 atom stereocenters. The minimum absolute atomic E-state index is 0.143. The molecule has 21 heavy (non-hydrogen) atoms. The smallest absolute Gasteiger partial charge is 0.266 e. The van der Waals surface area contributed by atoms with E-state index in [1.165, 1.54) is 12.3 Å². The van der Waals surface area contributed by atoms with E-state index in [0.29, 0.717) is 0 Å². The van der Waals surface area contributed by atoms with Crippen molar-refractivity contribution in [3.8, 4) is 0 Å². The van der Waals surface area contributed by atoms with Gasteiger partial charge in [-0.3, -0.25) is 9.78 Å². The lowest BCUT2D eigenvalue weighted by molar-refractivity contribution is 0.0950. The predicted octanol–water partition coefficient (Wildman–Crippen LogP) is 3.68. The van der Waals surface area contributed by atoms with Crippen molar-refractivity contribution in [2.45, 2.75) is 6.92 Å². The van der Waals surface area contributed by atoms with Crippen molar-refractivity contribution in [1.82, 2.24) is 10.4 Å². The molecule has 7 heteroatoms. The molecule has 4 nitrogen and oxygen atoms in total. The summed E-state index contributed by atoms with van der Waals surface area (Å²) in [6, 6.07) is 7.45. The lowest BCUT2D eigenvalue weighted by atomic mass is 10.1. The van der Waals surface area contributed by atoms with Gasteiger partial charge in [-0.25, -0.2) is 9.82 Å². The Kier molecular flexibility index (Phi) is 4.88. The van der Waals surface area contributed by atoms with Gasteiger partial charge in [0.05, 0.1) is 15.8 Å². The number of halogens is 3.